The highest BCUT2D eigenvalue weighted by molar-refractivity contribution is 14.0. The van der Waals surface area contributed by atoms with E-state index in [0.29, 0.717) is 29.9 Å². The molecule has 0 saturated carbocycles. The number of nitrogens with one attached hydrogen (secondary N) is 3. The number of hydrogen-bond donors (Lipinski definition) is 3. The summed E-state index contributed by atoms with van der Waals surface area (Å²) in [4.78, 5) is 4.50. The van der Waals surface area contributed by atoms with Gasteiger partial charge in [-0.25, -0.2) is 18.1 Å². The summed E-state index contributed by atoms with van der Waals surface area (Å²) < 4.78 is 32.7. The lowest BCUT2D eigenvalue weighted by Gasteiger charge is -2.12. The number of benzene rings is 1. The predicted octanol–water partition coefficient (Wildman–Crippen LogP) is 3.06. The monoisotopic (exact) mass is 558 g/mol. The van der Waals surface area contributed by atoms with E-state index in [2.05, 4.69) is 20.3 Å². The molecule has 0 bridgehead atoms. The second-order valence-electron chi connectivity index (χ2n) is 5.43. The van der Waals surface area contributed by atoms with Crippen LogP contribution in [0.1, 0.15) is 12.5 Å². The second-order valence-corrected chi connectivity index (χ2v) is 9.14. The van der Waals surface area contributed by atoms with Crippen LogP contribution in [0.5, 0.6) is 5.75 Å². The Hall–Kier alpha value is -1.08. The minimum Gasteiger partial charge on any atom is -0.497 e. The number of rotatable bonds is 9. The van der Waals surface area contributed by atoms with Gasteiger partial charge in [-0.2, -0.15) is 0 Å². The third kappa shape index (κ3) is 8.11. The Morgan fingerprint density at radius 2 is 2.00 bits per heavy atom. The van der Waals surface area contributed by atoms with Crippen LogP contribution in [0.25, 0.3) is 0 Å². The van der Waals surface area contributed by atoms with Crippen molar-refractivity contribution in [3.63, 3.8) is 0 Å². The Balaban J connectivity index is 0.00000392. The van der Waals surface area contributed by atoms with Gasteiger partial charge in [0.05, 0.1) is 18.0 Å². The molecular weight excluding hydrogens is 535 g/mol. The van der Waals surface area contributed by atoms with Crippen LogP contribution in [0, 0.1) is 0 Å². The Labute approximate surface area is 192 Å². The summed E-state index contributed by atoms with van der Waals surface area (Å²) in [5.41, 5.74) is 1.02. The highest BCUT2D eigenvalue weighted by Crippen LogP contribution is 2.25. The molecule has 0 atom stereocenters. The fraction of sp³-hybridized carbons (Fsp3) is 0.353. The molecule has 1 heterocycles. The normalized spacial score (nSPS) is 11.6. The molecule has 0 amide bonds. The number of nitrogens with zero attached hydrogens (tertiary/aromatic N) is 1. The van der Waals surface area contributed by atoms with Crippen LogP contribution < -0.4 is 20.1 Å². The van der Waals surface area contributed by atoms with Gasteiger partial charge in [-0.05, 0) is 36.8 Å². The minimum absolute atomic E-state index is 0. The maximum Gasteiger partial charge on any atom is 0.250 e. The Bertz CT molecular complexity index is 875. The van der Waals surface area contributed by atoms with Gasteiger partial charge >= 0.3 is 0 Å². The van der Waals surface area contributed by atoms with Gasteiger partial charge in [0, 0.05) is 19.6 Å². The fourth-order valence-electron chi connectivity index (χ4n) is 2.16. The lowest BCUT2D eigenvalue weighted by molar-refractivity contribution is 0.414. The van der Waals surface area contributed by atoms with Gasteiger partial charge in [0.15, 0.2) is 5.96 Å². The van der Waals surface area contributed by atoms with Crippen LogP contribution in [0.15, 0.2) is 45.6 Å². The number of sulfonamides is 1. The van der Waals surface area contributed by atoms with Crippen LogP contribution in [-0.2, 0) is 16.6 Å². The molecule has 0 saturated heterocycles. The molecule has 3 N–H and O–H groups in total. The number of hydrogen-bond acceptors (Lipinski definition) is 5. The Kier molecular flexibility index (Phi) is 11.1. The van der Waals surface area contributed by atoms with E-state index in [4.69, 9.17) is 16.3 Å². The highest BCUT2D eigenvalue weighted by Gasteiger charge is 2.15. The van der Waals surface area contributed by atoms with Crippen molar-refractivity contribution in [3.05, 3.63) is 46.3 Å². The molecule has 0 unspecified atom stereocenters. The molecule has 156 valence electrons. The number of methoxy groups -OCH3 is 1. The molecule has 0 fully saturated rings. The van der Waals surface area contributed by atoms with E-state index < -0.39 is 10.0 Å². The van der Waals surface area contributed by atoms with Crippen LogP contribution >= 0.6 is 46.9 Å². The van der Waals surface area contributed by atoms with Gasteiger partial charge in [0.2, 0.25) is 10.0 Å². The fourth-order valence-corrected chi connectivity index (χ4v) is 4.72. The summed E-state index contributed by atoms with van der Waals surface area (Å²) >= 11 is 6.81. The molecular formula is C17H24ClIN4O3S2. The first kappa shape index (κ1) is 25.0. The zero-order chi connectivity index (χ0) is 19.7. The van der Waals surface area contributed by atoms with E-state index in [9.17, 15) is 8.42 Å². The molecule has 28 heavy (non-hydrogen) atoms. The van der Waals surface area contributed by atoms with Crippen LogP contribution in [0.2, 0.25) is 4.34 Å². The van der Waals surface area contributed by atoms with E-state index in [0.717, 1.165) is 22.6 Å². The molecule has 0 aliphatic rings. The van der Waals surface area contributed by atoms with Gasteiger partial charge in [0.1, 0.15) is 9.96 Å². The Morgan fingerprint density at radius 1 is 1.21 bits per heavy atom. The number of guanidine groups is 1. The van der Waals surface area contributed by atoms with E-state index in [1.54, 1.807) is 13.2 Å². The molecule has 11 heteroatoms. The first-order valence-corrected chi connectivity index (χ1v) is 11.0. The van der Waals surface area contributed by atoms with Gasteiger partial charge in [0.25, 0.3) is 0 Å². The van der Waals surface area contributed by atoms with Gasteiger partial charge in [-0.15, -0.1) is 35.3 Å². The van der Waals surface area contributed by atoms with Crippen LogP contribution in [0.3, 0.4) is 0 Å². The van der Waals surface area contributed by atoms with Crippen molar-refractivity contribution in [3.8, 4) is 5.75 Å². The van der Waals surface area contributed by atoms with Crippen molar-refractivity contribution >= 4 is 62.9 Å². The average Bonchev–Trinajstić information content (AvgIpc) is 3.10. The number of ether oxygens (including phenoxy) is 1. The topological polar surface area (TPSA) is 91.8 Å². The summed E-state index contributed by atoms with van der Waals surface area (Å²) in [5.74, 6) is 1.39. The lowest BCUT2D eigenvalue weighted by atomic mass is 10.2. The molecule has 0 aliphatic heterocycles. The summed E-state index contributed by atoms with van der Waals surface area (Å²) in [6.45, 7) is 3.75. The highest BCUT2D eigenvalue weighted by atomic mass is 127. The predicted molar refractivity (Wildman–Crippen MR) is 126 cm³/mol. The number of aliphatic imine (C=N–C) groups is 1. The van der Waals surface area contributed by atoms with Gasteiger partial charge < -0.3 is 15.4 Å². The third-order valence-corrected chi connectivity index (χ3v) is 6.61. The Morgan fingerprint density at radius 3 is 2.64 bits per heavy atom. The van der Waals surface area contributed by atoms with Gasteiger partial charge in [-0.1, -0.05) is 23.7 Å². The second kappa shape index (κ2) is 12.5. The quantitative estimate of drug-likeness (QED) is 0.190. The maximum absolute atomic E-state index is 12.1. The van der Waals surface area contributed by atoms with Crippen molar-refractivity contribution in [1.82, 2.24) is 15.4 Å². The molecule has 2 aromatic rings. The third-order valence-electron chi connectivity index (χ3n) is 3.42. The van der Waals surface area contributed by atoms with E-state index in [-0.39, 0.29) is 34.7 Å². The van der Waals surface area contributed by atoms with Gasteiger partial charge in [-0.3, -0.25) is 0 Å². The van der Waals surface area contributed by atoms with E-state index >= 15 is 0 Å². The lowest BCUT2D eigenvalue weighted by Crippen LogP contribution is -2.41. The number of thiophene rings is 1. The van der Waals surface area contributed by atoms with E-state index in [1.807, 2.05) is 31.2 Å². The van der Waals surface area contributed by atoms with Crippen molar-refractivity contribution in [1.29, 1.82) is 0 Å². The molecule has 1 aromatic heterocycles. The van der Waals surface area contributed by atoms with Crippen molar-refractivity contribution < 1.29 is 13.2 Å². The first-order chi connectivity index (χ1) is 12.9. The average molecular weight is 559 g/mol. The standard InChI is InChI=1S/C17H23ClN4O3S2.HI/c1-3-19-17(21-12-13-5-4-6-14(11-13)25-2)20-9-10-22-27(23,24)16-8-7-15(18)26-16;/h4-8,11,22H,3,9-10,12H2,1-2H3,(H2,19,20,21);1H. The first-order valence-electron chi connectivity index (χ1n) is 8.34. The molecule has 0 radical (unpaired) electrons. The largest absolute Gasteiger partial charge is 0.497 e. The molecule has 7 nitrogen and oxygen atoms in total. The summed E-state index contributed by atoms with van der Waals surface area (Å²) in [5, 5.41) is 6.24. The molecule has 2 rings (SSSR count). The smallest absolute Gasteiger partial charge is 0.250 e. The minimum atomic E-state index is -3.54. The van der Waals surface area contributed by atoms with E-state index in [1.165, 1.54) is 6.07 Å². The summed E-state index contributed by atoms with van der Waals surface area (Å²) in [6, 6.07) is 10.7. The zero-order valence-corrected chi connectivity index (χ0v) is 20.3. The van der Waals surface area contributed by atoms with Crippen molar-refractivity contribution in [2.75, 3.05) is 26.7 Å². The summed E-state index contributed by atoms with van der Waals surface area (Å²) in [6.07, 6.45) is 0. The maximum atomic E-state index is 12.1. The van der Waals surface area contributed by atoms with Crippen molar-refractivity contribution in [2.24, 2.45) is 4.99 Å². The zero-order valence-electron chi connectivity index (χ0n) is 15.6. The summed E-state index contributed by atoms with van der Waals surface area (Å²) in [7, 11) is -1.92. The molecule has 0 aliphatic carbocycles. The van der Waals surface area contributed by atoms with Crippen molar-refractivity contribution in [2.45, 2.75) is 17.7 Å². The van der Waals surface area contributed by atoms with Crippen LogP contribution in [0.4, 0.5) is 0 Å². The molecule has 1 aromatic carbocycles. The molecule has 0 spiro atoms. The number of halogens is 2. The van der Waals surface area contributed by atoms with Crippen LogP contribution in [-0.4, -0.2) is 41.1 Å². The SMILES string of the molecule is CCNC(=NCc1cccc(OC)c1)NCCNS(=O)(=O)c1ccc(Cl)s1.I.